The molecular formula is C22H28F2N2O4. The van der Waals surface area contributed by atoms with Gasteiger partial charge in [0.05, 0.1) is 29.9 Å². The first-order valence-electron chi connectivity index (χ1n) is 10.4. The van der Waals surface area contributed by atoms with Crippen LogP contribution >= 0.6 is 0 Å². The lowest BCUT2D eigenvalue weighted by Crippen LogP contribution is -2.62. The van der Waals surface area contributed by atoms with Crippen molar-refractivity contribution in [3.8, 4) is 0 Å². The molecule has 1 aromatic rings. The van der Waals surface area contributed by atoms with Crippen LogP contribution in [-0.2, 0) is 9.47 Å². The lowest BCUT2D eigenvalue weighted by Gasteiger charge is -2.50. The second-order valence-corrected chi connectivity index (χ2v) is 9.72. The van der Waals surface area contributed by atoms with E-state index in [1.807, 2.05) is 20.8 Å². The van der Waals surface area contributed by atoms with Crippen molar-refractivity contribution in [2.75, 3.05) is 26.2 Å². The zero-order valence-electron chi connectivity index (χ0n) is 17.7. The Hall–Kier alpha value is -2.22. The molecule has 1 aliphatic carbocycles. The first-order valence-corrected chi connectivity index (χ1v) is 10.4. The molecule has 6 nitrogen and oxygen atoms in total. The van der Waals surface area contributed by atoms with Crippen molar-refractivity contribution in [2.45, 2.75) is 63.3 Å². The molecule has 1 saturated carbocycles. The third-order valence-electron chi connectivity index (χ3n) is 5.97. The highest BCUT2D eigenvalue weighted by molar-refractivity contribution is 5.94. The summed E-state index contributed by atoms with van der Waals surface area (Å²) in [6.45, 7) is 7.16. The molecule has 0 unspecified atom stereocenters. The standard InChI is InChI=1S/C22H28F2N2O4/c1-20(2,3)29-19(28)25-10-8-22(9-11-25)14-26(13-21(30-22)6-7-21)18(27)16-5-4-15(23)12-17(16)24/h4-5,12H,6-11,13-14H2,1-3H3. The molecule has 164 valence electrons. The van der Waals surface area contributed by atoms with Gasteiger partial charge in [-0.25, -0.2) is 13.6 Å². The lowest BCUT2D eigenvalue weighted by molar-refractivity contribution is -0.178. The molecule has 2 heterocycles. The molecule has 0 N–H and O–H groups in total. The van der Waals surface area contributed by atoms with Crippen molar-refractivity contribution in [2.24, 2.45) is 0 Å². The molecule has 8 heteroatoms. The third kappa shape index (κ3) is 4.29. The summed E-state index contributed by atoms with van der Waals surface area (Å²) in [5, 5.41) is 0. The largest absolute Gasteiger partial charge is 0.444 e. The monoisotopic (exact) mass is 422 g/mol. The summed E-state index contributed by atoms with van der Waals surface area (Å²) >= 11 is 0. The van der Waals surface area contributed by atoms with E-state index in [1.165, 1.54) is 6.07 Å². The molecule has 2 amide bonds. The maximum Gasteiger partial charge on any atom is 0.410 e. The van der Waals surface area contributed by atoms with Crippen LogP contribution in [0.3, 0.4) is 0 Å². The van der Waals surface area contributed by atoms with E-state index >= 15 is 0 Å². The zero-order valence-corrected chi connectivity index (χ0v) is 17.7. The highest BCUT2D eigenvalue weighted by Crippen LogP contribution is 2.49. The van der Waals surface area contributed by atoms with Crippen LogP contribution < -0.4 is 0 Å². The first-order chi connectivity index (χ1) is 14.0. The van der Waals surface area contributed by atoms with E-state index in [4.69, 9.17) is 9.47 Å². The minimum Gasteiger partial charge on any atom is -0.444 e. The minimum absolute atomic E-state index is 0.129. The van der Waals surface area contributed by atoms with E-state index in [-0.39, 0.29) is 11.7 Å². The van der Waals surface area contributed by atoms with Gasteiger partial charge in [0.2, 0.25) is 0 Å². The summed E-state index contributed by atoms with van der Waals surface area (Å²) in [6.07, 6.45) is 2.49. The minimum atomic E-state index is -0.856. The van der Waals surface area contributed by atoms with Crippen molar-refractivity contribution < 1.29 is 27.8 Å². The van der Waals surface area contributed by atoms with Crippen molar-refractivity contribution in [1.82, 2.24) is 9.80 Å². The number of hydrogen-bond acceptors (Lipinski definition) is 4. The second kappa shape index (κ2) is 7.18. The highest BCUT2D eigenvalue weighted by Gasteiger charge is 2.57. The number of piperidine rings is 1. The zero-order chi connectivity index (χ0) is 21.7. The Bertz CT molecular complexity index is 855. The van der Waals surface area contributed by atoms with Gasteiger partial charge in [-0.1, -0.05) is 0 Å². The molecular weight excluding hydrogens is 394 g/mol. The SMILES string of the molecule is CC(C)(C)OC(=O)N1CCC2(CC1)CN(C(=O)c1ccc(F)cc1F)CC1(CC1)O2. The van der Waals surface area contributed by atoms with Crippen LogP contribution in [-0.4, -0.2) is 64.8 Å². The van der Waals surface area contributed by atoms with E-state index in [1.54, 1.807) is 9.80 Å². The number of likely N-dealkylation sites (tertiary alicyclic amines) is 1. The van der Waals surface area contributed by atoms with Crippen LogP contribution in [0.5, 0.6) is 0 Å². The molecule has 4 rings (SSSR count). The summed E-state index contributed by atoms with van der Waals surface area (Å²) in [4.78, 5) is 28.7. The van der Waals surface area contributed by atoms with Crippen LogP contribution in [0.1, 0.15) is 56.8 Å². The van der Waals surface area contributed by atoms with Crippen LogP contribution in [0.15, 0.2) is 18.2 Å². The van der Waals surface area contributed by atoms with Crippen molar-refractivity contribution >= 4 is 12.0 Å². The Kier molecular flexibility index (Phi) is 5.03. The first kappa shape index (κ1) is 21.0. The summed E-state index contributed by atoms with van der Waals surface area (Å²) in [6, 6.07) is 3.02. The summed E-state index contributed by atoms with van der Waals surface area (Å²) in [5.41, 5.74) is -1.65. The Morgan fingerprint density at radius 2 is 1.60 bits per heavy atom. The number of hydrogen-bond donors (Lipinski definition) is 0. The van der Waals surface area contributed by atoms with Crippen molar-refractivity contribution in [1.29, 1.82) is 0 Å². The van der Waals surface area contributed by atoms with Gasteiger partial charge >= 0.3 is 6.09 Å². The number of nitrogens with zero attached hydrogens (tertiary/aromatic N) is 2. The van der Waals surface area contributed by atoms with Crippen molar-refractivity contribution in [3.05, 3.63) is 35.4 Å². The normalized spacial score (nSPS) is 22.3. The van der Waals surface area contributed by atoms with Crippen LogP contribution in [0.2, 0.25) is 0 Å². The molecule has 2 aliphatic heterocycles. The van der Waals surface area contributed by atoms with E-state index in [0.29, 0.717) is 39.0 Å². The molecule has 0 atom stereocenters. The Labute approximate surface area is 175 Å². The van der Waals surface area contributed by atoms with Gasteiger partial charge in [0, 0.05) is 19.2 Å². The van der Waals surface area contributed by atoms with Crippen LogP contribution in [0.25, 0.3) is 0 Å². The predicted molar refractivity (Wildman–Crippen MR) is 105 cm³/mol. The number of carbonyl (C=O) groups is 2. The maximum atomic E-state index is 14.2. The number of morpholine rings is 1. The Morgan fingerprint density at radius 1 is 1.00 bits per heavy atom. The fraction of sp³-hybridized carbons (Fsp3) is 0.636. The summed E-state index contributed by atoms with van der Waals surface area (Å²) in [5.74, 6) is -2.02. The summed E-state index contributed by atoms with van der Waals surface area (Å²) < 4.78 is 39.4. The number of amides is 2. The average Bonchev–Trinajstić information content (AvgIpc) is 3.37. The Balaban J connectivity index is 1.47. The number of ether oxygens (including phenoxy) is 2. The molecule has 3 fully saturated rings. The fourth-order valence-electron chi connectivity index (χ4n) is 4.34. The van der Waals surface area contributed by atoms with Crippen molar-refractivity contribution in [3.63, 3.8) is 0 Å². The second-order valence-electron chi connectivity index (χ2n) is 9.72. The van der Waals surface area contributed by atoms with Gasteiger partial charge in [-0.15, -0.1) is 0 Å². The highest BCUT2D eigenvalue weighted by atomic mass is 19.1. The average molecular weight is 422 g/mol. The molecule has 0 radical (unpaired) electrons. The van der Waals surface area contributed by atoms with Gasteiger partial charge in [0.1, 0.15) is 17.2 Å². The lowest BCUT2D eigenvalue weighted by atomic mass is 9.88. The van der Waals surface area contributed by atoms with Crippen LogP contribution in [0, 0.1) is 11.6 Å². The van der Waals surface area contributed by atoms with Gasteiger partial charge in [0.15, 0.2) is 0 Å². The van der Waals surface area contributed by atoms with Gasteiger partial charge in [-0.2, -0.15) is 0 Å². The quantitative estimate of drug-likeness (QED) is 0.692. The number of benzene rings is 1. The van der Waals surface area contributed by atoms with Gasteiger partial charge in [-0.05, 0) is 58.6 Å². The maximum absolute atomic E-state index is 14.2. The van der Waals surface area contributed by atoms with E-state index in [0.717, 1.165) is 25.0 Å². The molecule has 30 heavy (non-hydrogen) atoms. The van der Waals surface area contributed by atoms with E-state index < -0.39 is 34.3 Å². The molecule has 0 aromatic heterocycles. The van der Waals surface area contributed by atoms with Gasteiger partial charge in [0.25, 0.3) is 5.91 Å². The molecule has 2 saturated heterocycles. The molecule has 2 spiro atoms. The van der Waals surface area contributed by atoms with Crippen LogP contribution in [0.4, 0.5) is 13.6 Å². The number of carbonyl (C=O) groups excluding carboxylic acids is 2. The smallest absolute Gasteiger partial charge is 0.410 e. The van der Waals surface area contributed by atoms with E-state index in [2.05, 4.69) is 0 Å². The molecule has 1 aromatic carbocycles. The number of halogens is 2. The third-order valence-corrected chi connectivity index (χ3v) is 5.97. The predicted octanol–water partition coefficient (Wildman–Crippen LogP) is 3.74. The Morgan fingerprint density at radius 3 is 2.13 bits per heavy atom. The van der Waals surface area contributed by atoms with Gasteiger partial charge < -0.3 is 19.3 Å². The topological polar surface area (TPSA) is 59.1 Å². The fourth-order valence-corrected chi connectivity index (χ4v) is 4.34. The number of rotatable bonds is 1. The van der Waals surface area contributed by atoms with E-state index in [9.17, 15) is 18.4 Å². The van der Waals surface area contributed by atoms with Gasteiger partial charge in [-0.3, -0.25) is 4.79 Å². The summed E-state index contributed by atoms with van der Waals surface area (Å²) in [7, 11) is 0. The molecule has 0 bridgehead atoms. The molecule has 3 aliphatic rings.